The Kier molecular flexibility index (Phi) is 4.71. The molecule has 5 heteroatoms. The average Bonchev–Trinajstić information content (AvgIpc) is 2.35. The number of esters is 1. The largest absolute Gasteiger partial charge is 0.468 e. The van der Waals surface area contributed by atoms with Crippen LogP contribution in [0.3, 0.4) is 0 Å². The summed E-state index contributed by atoms with van der Waals surface area (Å²) >= 11 is 0. The number of rotatable bonds is 4. The molecule has 1 aromatic carbocycles. The lowest BCUT2D eigenvalue weighted by molar-refractivity contribution is -0.141. The molecule has 1 amide bonds. The number of carbonyl (C=O) groups is 2. The number of carbonyl (C=O) groups excluding carboxylic acids is 2. The maximum atomic E-state index is 12.2. The number of methoxy groups -OCH3 is 1. The predicted octanol–water partition coefficient (Wildman–Crippen LogP) is 1.29. The zero-order valence-corrected chi connectivity index (χ0v) is 10.8. The molecule has 0 aromatic heterocycles. The van der Waals surface area contributed by atoms with Crippen LogP contribution in [0, 0.1) is 0 Å². The second-order valence-corrected chi connectivity index (χ2v) is 4.22. The SMILES string of the molecule is COC(=O)CN(C(=O)c1ccc(N)cc1)C(C)C. The van der Waals surface area contributed by atoms with E-state index in [1.165, 1.54) is 12.0 Å². The highest BCUT2D eigenvalue weighted by Crippen LogP contribution is 2.11. The summed E-state index contributed by atoms with van der Waals surface area (Å²) in [5, 5.41) is 0. The second kappa shape index (κ2) is 6.05. The summed E-state index contributed by atoms with van der Waals surface area (Å²) in [6.45, 7) is 3.63. The molecule has 0 spiro atoms. The first-order valence-electron chi connectivity index (χ1n) is 5.69. The van der Waals surface area contributed by atoms with Crippen molar-refractivity contribution in [3.05, 3.63) is 29.8 Å². The summed E-state index contributed by atoms with van der Waals surface area (Å²) in [4.78, 5) is 25.0. The van der Waals surface area contributed by atoms with Gasteiger partial charge in [-0.25, -0.2) is 0 Å². The van der Waals surface area contributed by atoms with Gasteiger partial charge in [-0.05, 0) is 38.1 Å². The first-order chi connectivity index (χ1) is 8.45. The second-order valence-electron chi connectivity index (χ2n) is 4.22. The minimum atomic E-state index is -0.438. The molecule has 0 heterocycles. The molecule has 98 valence electrons. The molecular formula is C13H18N2O3. The fraction of sp³-hybridized carbons (Fsp3) is 0.385. The number of anilines is 1. The van der Waals surface area contributed by atoms with E-state index < -0.39 is 5.97 Å². The quantitative estimate of drug-likeness (QED) is 0.645. The molecule has 0 saturated heterocycles. The van der Waals surface area contributed by atoms with Crippen molar-refractivity contribution in [3.63, 3.8) is 0 Å². The third kappa shape index (κ3) is 3.48. The Morgan fingerprint density at radius 2 is 1.83 bits per heavy atom. The molecule has 0 aliphatic carbocycles. The molecule has 0 radical (unpaired) electrons. The fourth-order valence-electron chi connectivity index (χ4n) is 1.48. The number of hydrogen-bond acceptors (Lipinski definition) is 4. The van der Waals surface area contributed by atoms with E-state index in [2.05, 4.69) is 4.74 Å². The van der Waals surface area contributed by atoms with Gasteiger partial charge in [0.25, 0.3) is 5.91 Å². The van der Waals surface area contributed by atoms with E-state index >= 15 is 0 Å². The maximum absolute atomic E-state index is 12.2. The van der Waals surface area contributed by atoms with Gasteiger partial charge in [0.2, 0.25) is 0 Å². The Bertz CT molecular complexity index is 426. The number of nitrogen functional groups attached to an aromatic ring is 1. The molecule has 0 aliphatic heterocycles. The fourth-order valence-corrected chi connectivity index (χ4v) is 1.48. The Morgan fingerprint density at radius 3 is 2.28 bits per heavy atom. The highest BCUT2D eigenvalue weighted by Gasteiger charge is 2.21. The highest BCUT2D eigenvalue weighted by molar-refractivity contribution is 5.96. The van der Waals surface area contributed by atoms with Crippen molar-refractivity contribution in [1.29, 1.82) is 0 Å². The van der Waals surface area contributed by atoms with Crippen LogP contribution in [0.1, 0.15) is 24.2 Å². The number of hydrogen-bond donors (Lipinski definition) is 1. The van der Waals surface area contributed by atoms with Crippen LogP contribution in [0.25, 0.3) is 0 Å². The van der Waals surface area contributed by atoms with Crippen LogP contribution >= 0.6 is 0 Å². The van der Waals surface area contributed by atoms with E-state index in [0.717, 1.165) is 0 Å². The molecule has 2 N–H and O–H groups in total. The molecular weight excluding hydrogens is 232 g/mol. The van der Waals surface area contributed by atoms with Gasteiger partial charge in [-0.1, -0.05) is 0 Å². The lowest BCUT2D eigenvalue weighted by Gasteiger charge is -2.25. The van der Waals surface area contributed by atoms with Crippen LogP contribution in [-0.2, 0) is 9.53 Å². The average molecular weight is 250 g/mol. The van der Waals surface area contributed by atoms with Gasteiger partial charge in [0, 0.05) is 17.3 Å². The van der Waals surface area contributed by atoms with Crippen LogP contribution in [0.5, 0.6) is 0 Å². The van der Waals surface area contributed by atoms with Crippen molar-refractivity contribution in [2.24, 2.45) is 0 Å². The van der Waals surface area contributed by atoms with E-state index in [0.29, 0.717) is 11.3 Å². The topological polar surface area (TPSA) is 72.6 Å². The molecule has 1 rings (SSSR count). The van der Waals surface area contributed by atoms with E-state index in [9.17, 15) is 9.59 Å². The van der Waals surface area contributed by atoms with E-state index in [-0.39, 0.29) is 18.5 Å². The lowest BCUT2D eigenvalue weighted by Crippen LogP contribution is -2.41. The van der Waals surface area contributed by atoms with Crippen LogP contribution < -0.4 is 5.73 Å². The number of benzene rings is 1. The van der Waals surface area contributed by atoms with Crippen LogP contribution in [-0.4, -0.2) is 36.5 Å². The smallest absolute Gasteiger partial charge is 0.325 e. The Labute approximate surface area is 107 Å². The monoisotopic (exact) mass is 250 g/mol. The van der Waals surface area contributed by atoms with Crippen LogP contribution in [0.4, 0.5) is 5.69 Å². The zero-order chi connectivity index (χ0) is 13.7. The summed E-state index contributed by atoms with van der Waals surface area (Å²) in [6.07, 6.45) is 0. The van der Waals surface area contributed by atoms with Crippen molar-refractivity contribution in [3.8, 4) is 0 Å². The van der Waals surface area contributed by atoms with Gasteiger partial charge in [0.15, 0.2) is 0 Å². The lowest BCUT2D eigenvalue weighted by atomic mass is 10.1. The van der Waals surface area contributed by atoms with Gasteiger partial charge in [-0.2, -0.15) is 0 Å². The third-order valence-corrected chi connectivity index (χ3v) is 2.57. The van der Waals surface area contributed by atoms with Gasteiger partial charge in [-0.15, -0.1) is 0 Å². The molecule has 0 bridgehead atoms. The van der Waals surface area contributed by atoms with Crippen LogP contribution in [0.15, 0.2) is 24.3 Å². The number of nitrogens with zero attached hydrogens (tertiary/aromatic N) is 1. The zero-order valence-electron chi connectivity index (χ0n) is 10.8. The summed E-state index contributed by atoms with van der Waals surface area (Å²) in [7, 11) is 1.30. The van der Waals surface area contributed by atoms with E-state index in [4.69, 9.17) is 5.73 Å². The first kappa shape index (κ1) is 14.0. The van der Waals surface area contributed by atoms with Gasteiger partial charge < -0.3 is 15.4 Å². The third-order valence-electron chi connectivity index (χ3n) is 2.57. The summed E-state index contributed by atoms with van der Waals surface area (Å²) in [5.74, 6) is -0.650. The van der Waals surface area contributed by atoms with Crippen molar-refractivity contribution >= 4 is 17.6 Å². The van der Waals surface area contributed by atoms with Gasteiger partial charge in [0.1, 0.15) is 6.54 Å². The summed E-state index contributed by atoms with van der Waals surface area (Å²) in [6, 6.07) is 6.51. The molecule has 0 fully saturated rings. The first-order valence-corrected chi connectivity index (χ1v) is 5.69. The molecule has 0 atom stereocenters. The number of nitrogens with two attached hydrogens (primary N) is 1. The standard InChI is InChI=1S/C13H18N2O3/c1-9(2)15(8-12(16)18-3)13(17)10-4-6-11(14)7-5-10/h4-7,9H,8,14H2,1-3H3. The van der Waals surface area contributed by atoms with Gasteiger partial charge in [0.05, 0.1) is 7.11 Å². The molecule has 0 aliphatic rings. The highest BCUT2D eigenvalue weighted by atomic mass is 16.5. The van der Waals surface area contributed by atoms with Crippen molar-refractivity contribution < 1.29 is 14.3 Å². The maximum Gasteiger partial charge on any atom is 0.325 e. The predicted molar refractivity (Wildman–Crippen MR) is 69.0 cm³/mol. The van der Waals surface area contributed by atoms with Gasteiger partial charge in [-0.3, -0.25) is 9.59 Å². The molecule has 0 saturated carbocycles. The summed E-state index contributed by atoms with van der Waals surface area (Å²) in [5.41, 5.74) is 6.66. The van der Waals surface area contributed by atoms with Crippen molar-refractivity contribution in [2.45, 2.75) is 19.9 Å². The van der Waals surface area contributed by atoms with E-state index in [1.807, 2.05) is 13.8 Å². The van der Waals surface area contributed by atoms with Crippen molar-refractivity contribution in [2.75, 3.05) is 19.4 Å². The Balaban J connectivity index is 2.89. The Morgan fingerprint density at radius 1 is 1.28 bits per heavy atom. The molecule has 18 heavy (non-hydrogen) atoms. The van der Waals surface area contributed by atoms with E-state index in [1.54, 1.807) is 24.3 Å². The molecule has 1 aromatic rings. The number of ether oxygens (including phenoxy) is 1. The van der Waals surface area contributed by atoms with Crippen LogP contribution in [0.2, 0.25) is 0 Å². The Hall–Kier alpha value is -2.04. The normalized spacial score (nSPS) is 10.2. The molecule has 0 unspecified atom stereocenters. The van der Waals surface area contributed by atoms with Gasteiger partial charge >= 0.3 is 5.97 Å². The summed E-state index contributed by atoms with van der Waals surface area (Å²) < 4.78 is 4.58. The molecule has 5 nitrogen and oxygen atoms in total. The minimum Gasteiger partial charge on any atom is -0.468 e. The minimum absolute atomic E-state index is 0.0582. The number of amides is 1. The van der Waals surface area contributed by atoms with Crippen molar-refractivity contribution in [1.82, 2.24) is 4.90 Å².